The molecule has 1 atom stereocenters. The zero-order chi connectivity index (χ0) is 18.7. The molecule has 2 N–H and O–H groups in total. The summed E-state index contributed by atoms with van der Waals surface area (Å²) < 4.78 is 37.4. The van der Waals surface area contributed by atoms with Gasteiger partial charge < -0.3 is 10.6 Å². The van der Waals surface area contributed by atoms with Crippen LogP contribution in [0.4, 0.5) is 13.2 Å². The Morgan fingerprint density at radius 3 is 2.68 bits per heavy atom. The average molecular weight is 377 g/mol. The highest BCUT2D eigenvalue weighted by Crippen LogP contribution is 2.24. The van der Waals surface area contributed by atoms with Crippen molar-refractivity contribution in [2.75, 3.05) is 26.7 Å². The van der Waals surface area contributed by atoms with Crippen LogP contribution in [-0.4, -0.2) is 54.7 Å². The van der Waals surface area contributed by atoms with Gasteiger partial charge in [0, 0.05) is 37.0 Å². The number of aromatic nitrogens is 1. The Morgan fingerprint density at radius 1 is 1.40 bits per heavy atom. The van der Waals surface area contributed by atoms with Gasteiger partial charge in [-0.25, -0.2) is 4.98 Å². The van der Waals surface area contributed by atoms with Crippen LogP contribution in [0.15, 0.2) is 10.4 Å². The van der Waals surface area contributed by atoms with E-state index in [0.717, 1.165) is 10.7 Å². The van der Waals surface area contributed by atoms with Crippen molar-refractivity contribution >= 4 is 17.3 Å². The van der Waals surface area contributed by atoms with Crippen molar-refractivity contribution in [2.24, 2.45) is 4.99 Å². The number of rotatable bonds is 4. The van der Waals surface area contributed by atoms with Crippen molar-refractivity contribution in [1.29, 1.82) is 0 Å². The first-order chi connectivity index (χ1) is 11.6. The van der Waals surface area contributed by atoms with E-state index in [1.165, 1.54) is 4.90 Å². The van der Waals surface area contributed by atoms with Gasteiger partial charge in [-0.3, -0.25) is 9.89 Å². The Balaban J connectivity index is 1.81. The minimum absolute atomic E-state index is 0.0143. The molecule has 1 unspecified atom stereocenters. The van der Waals surface area contributed by atoms with Crippen LogP contribution in [0.25, 0.3) is 0 Å². The molecule has 0 bridgehead atoms. The molecule has 2 heterocycles. The number of alkyl halides is 3. The smallest absolute Gasteiger partial charge is 0.352 e. The first kappa shape index (κ1) is 20.0. The fraction of sp³-hybridized carbons (Fsp3) is 0.750. The number of guanidine groups is 1. The third-order valence-electron chi connectivity index (χ3n) is 3.97. The van der Waals surface area contributed by atoms with Gasteiger partial charge >= 0.3 is 6.18 Å². The summed E-state index contributed by atoms with van der Waals surface area (Å²) in [4.78, 5) is 10.2. The van der Waals surface area contributed by atoms with Crippen molar-refractivity contribution in [3.05, 3.63) is 16.1 Å². The molecular weight excluding hydrogens is 351 g/mol. The van der Waals surface area contributed by atoms with Gasteiger partial charge in [0.15, 0.2) is 5.96 Å². The summed E-state index contributed by atoms with van der Waals surface area (Å²) >= 11 is 1.59. The Bertz CT molecular complexity index is 591. The molecule has 2 rings (SSSR count). The molecule has 142 valence electrons. The minimum atomic E-state index is -4.15. The van der Waals surface area contributed by atoms with E-state index in [2.05, 4.69) is 46.8 Å². The molecule has 0 aliphatic carbocycles. The summed E-state index contributed by atoms with van der Waals surface area (Å²) in [5.74, 6) is 0.589. The lowest BCUT2D eigenvalue weighted by Crippen LogP contribution is -2.44. The van der Waals surface area contributed by atoms with Crippen molar-refractivity contribution < 1.29 is 13.2 Å². The van der Waals surface area contributed by atoms with Gasteiger partial charge in [-0.2, -0.15) is 13.2 Å². The number of hydrogen-bond acceptors (Lipinski definition) is 4. The van der Waals surface area contributed by atoms with Crippen LogP contribution in [0.2, 0.25) is 0 Å². The highest BCUT2D eigenvalue weighted by molar-refractivity contribution is 7.09. The van der Waals surface area contributed by atoms with Gasteiger partial charge in [0.25, 0.3) is 0 Å². The second kappa shape index (κ2) is 7.90. The third-order valence-corrected chi connectivity index (χ3v) is 4.82. The lowest BCUT2D eigenvalue weighted by atomic mass is 9.93. The Labute approximate surface area is 150 Å². The Morgan fingerprint density at radius 2 is 2.12 bits per heavy atom. The summed E-state index contributed by atoms with van der Waals surface area (Å²) in [6, 6.07) is -0.0324. The van der Waals surface area contributed by atoms with Crippen LogP contribution in [0.5, 0.6) is 0 Å². The van der Waals surface area contributed by atoms with Gasteiger partial charge in [0.05, 0.1) is 18.8 Å². The maximum Gasteiger partial charge on any atom is 0.401 e. The lowest BCUT2D eigenvalue weighted by Gasteiger charge is -2.19. The SMILES string of the molecule is CN=C(NCc1nc(C(C)(C)C)cs1)NC1CCN(CC(F)(F)F)C1. The van der Waals surface area contributed by atoms with E-state index in [0.29, 0.717) is 32.0 Å². The number of likely N-dealkylation sites (tertiary alicyclic amines) is 1. The molecule has 5 nitrogen and oxygen atoms in total. The molecule has 1 aliphatic rings. The highest BCUT2D eigenvalue weighted by atomic mass is 32.1. The summed E-state index contributed by atoms with van der Waals surface area (Å²) in [5.41, 5.74) is 1.07. The molecule has 0 amide bonds. The molecule has 1 aromatic rings. The van der Waals surface area contributed by atoms with E-state index in [4.69, 9.17) is 0 Å². The predicted octanol–water partition coefficient (Wildman–Crippen LogP) is 2.74. The zero-order valence-electron chi connectivity index (χ0n) is 15.1. The van der Waals surface area contributed by atoms with E-state index in [-0.39, 0.29) is 11.5 Å². The molecule has 0 radical (unpaired) electrons. The largest absolute Gasteiger partial charge is 0.401 e. The average Bonchev–Trinajstić information content (AvgIpc) is 3.10. The number of aliphatic imine (C=N–C) groups is 1. The van der Waals surface area contributed by atoms with Crippen molar-refractivity contribution in [2.45, 2.75) is 51.4 Å². The highest BCUT2D eigenvalue weighted by Gasteiger charge is 2.34. The van der Waals surface area contributed by atoms with Crippen molar-refractivity contribution in [3.8, 4) is 0 Å². The second-order valence-electron chi connectivity index (χ2n) is 7.28. The molecule has 1 fully saturated rings. The topological polar surface area (TPSA) is 52.6 Å². The van der Waals surface area contributed by atoms with Crippen LogP contribution in [0, 0.1) is 0 Å². The van der Waals surface area contributed by atoms with Gasteiger partial charge in [-0.05, 0) is 6.42 Å². The normalized spacial score (nSPS) is 20.1. The first-order valence-electron chi connectivity index (χ1n) is 8.28. The summed E-state index contributed by atoms with van der Waals surface area (Å²) in [6.07, 6.45) is -3.48. The first-order valence-corrected chi connectivity index (χ1v) is 9.16. The van der Waals surface area contributed by atoms with E-state index < -0.39 is 12.7 Å². The number of nitrogens with one attached hydrogen (secondary N) is 2. The van der Waals surface area contributed by atoms with Gasteiger partial charge in [0.2, 0.25) is 0 Å². The summed E-state index contributed by atoms with van der Waals surface area (Å²) in [5, 5.41) is 9.39. The molecule has 0 aromatic carbocycles. The van der Waals surface area contributed by atoms with E-state index in [1.54, 1.807) is 18.4 Å². The Kier molecular flexibility index (Phi) is 6.31. The maximum atomic E-state index is 12.5. The molecular formula is C16H26F3N5S. The fourth-order valence-corrected chi connectivity index (χ4v) is 3.59. The number of nitrogens with zero attached hydrogens (tertiary/aromatic N) is 3. The third kappa shape index (κ3) is 6.47. The van der Waals surface area contributed by atoms with Crippen LogP contribution in [0.3, 0.4) is 0 Å². The molecule has 0 saturated carbocycles. The predicted molar refractivity (Wildman–Crippen MR) is 95.0 cm³/mol. The molecule has 9 heteroatoms. The van der Waals surface area contributed by atoms with Gasteiger partial charge in [-0.15, -0.1) is 11.3 Å². The van der Waals surface area contributed by atoms with Crippen LogP contribution in [-0.2, 0) is 12.0 Å². The van der Waals surface area contributed by atoms with Gasteiger partial charge in [-0.1, -0.05) is 20.8 Å². The number of halogens is 3. The molecule has 1 aromatic heterocycles. The zero-order valence-corrected chi connectivity index (χ0v) is 15.9. The maximum absolute atomic E-state index is 12.5. The molecule has 1 saturated heterocycles. The number of thiazole rings is 1. The summed E-state index contributed by atoms with van der Waals surface area (Å²) in [6.45, 7) is 6.85. The lowest BCUT2D eigenvalue weighted by molar-refractivity contribution is -0.143. The van der Waals surface area contributed by atoms with E-state index >= 15 is 0 Å². The van der Waals surface area contributed by atoms with Crippen LogP contribution < -0.4 is 10.6 Å². The number of hydrogen-bond donors (Lipinski definition) is 2. The Hall–Kier alpha value is -1.35. The standard InChI is InChI=1S/C16H26F3N5S/c1-15(2,3)12-9-25-13(23-12)7-21-14(20-4)22-11-5-6-24(8-11)10-16(17,18)19/h9,11H,5-8,10H2,1-4H3,(H2,20,21,22). The van der Waals surface area contributed by atoms with Crippen LogP contribution in [0.1, 0.15) is 37.9 Å². The second-order valence-corrected chi connectivity index (χ2v) is 8.23. The van der Waals surface area contributed by atoms with Crippen molar-refractivity contribution in [3.63, 3.8) is 0 Å². The summed E-state index contributed by atoms with van der Waals surface area (Å²) in [7, 11) is 1.65. The molecule has 0 spiro atoms. The van der Waals surface area contributed by atoms with E-state index in [1.807, 2.05) is 0 Å². The van der Waals surface area contributed by atoms with E-state index in [9.17, 15) is 13.2 Å². The fourth-order valence-electron chi connectivity index (χ4n) is 2.63. The minimum Gasteiger partial charge on any atom is -0.352 e. The molecule has 1 aliphatic heterocycles. The monoisotopic (exact) mass is 377 g/mol. The molecule has 25 heavy (non-hydrogen) atoms. The van der Waals surface area contributed by atoms with Gasteiger partial charge in [0.1, 0.15) is 5.01 Å². The van der Waals surface area contributed by atoms with Crippen LogP contribution >= 0.6 is 11.3 Å². The van der Waals surface area contributed by atoms with Crippen molar-refractivity contribution in [1.82, 2.24) is 20.5 Å². The quantitative estimate of drug-likeness (QED) is 0.626.